The lowest BCUT2D eigenvalue weighted by atomic mass is 9.88. The molecule has 0 aliphatic carbocycles. The minimum atomic E-state index is -4.93. The first-order valence-corrected chi connectivity index (χ1v) is 9.88. The van der Waals surface area contributed by atoms with E-state index < -0.39 is 31.2 Å². The topological polar surface area (TPSA) is 121 Å². The number of ketones is 1. The predicted octanol–water partition coefficient (Wildman–Crippen LogP) is 0.273. The van der Waals surface area contributed by atoms with Crippen LogP contribution in [0.15, 0.2) is 48.5 Å². The minimum absolute atomic E-state index is 0.0299. The number of hydroxylamine groups is 2. The van der Waals surface area contributed by atoms with Gasteiger partial charge in [-0.2, -0.15) is 9.90 Å². The molecule has 1 aliphatic rings. The number of methoxy groups -OCH3 is 1. The van der Waals surface area contributed by atoms with Crippen LogP contribution in [-0.2, 0) is 9.40 Å². The standard InChI is InChI=1S/C18H20NO7P/c1-19-18(27(22,23)24)15(16(21)13-5-3-4-6-14(13)20)17(26-19)11-7-9-12(25-2)10-8-11/h3-10,15,17-18,20H,1-2H3,(H2,22,23,24)/t15-,17-,18+/m0/s1. The van der Waals surface area contributed by atoms with Gasteiger partial charge in [0.2, 0.25) is 0 Å². The smallest absolute Gasteiger partial charge is 0.194 e. The van der Waals surface area contributed by atoms with Gasteiger partial charge < -0.3 is 24.2 Å². The van der Waals surface area contributed by atoms with Gasteiger partial charge in [-0.15, -0.1) is 0 Å². The second-order valence-electron chi connectivity index (χ2n) is 6.34. The Kier molecular flexibility index (Phi) is 5.37. The molecular formula is C18H20NO7P. The van der Waals surface area contributed by atoms with Crippen molar-refractivity contribution in [3.63, 3.8) is 0 Å². The normalized spacial score (nSPS) is 27.1. The van der Waals surface area contributed by atoms with Gasteiger partial charge in [-0.1, -0.05) is 24.3 Å². The maximum Gasteiger partial charge on any atom is 0.194 e. The highest BCUT2D eigenvalue weighted by Gasteiger charge is 2.55. The molecule has 0 aromatic heterocycles. The number of nitrogens with one attached hydrogen (secondary N) is 1. The molecule has 0 radical (unpaired) electrons. The molecule has 3 rings (SSSR count). The molecule has 3 N–H and O–H groups in total. The molecule has 1 saturated heterocycles. The molecule has 2 aromatic rings. The molecule has 0 amide bonds. The van der Waals surface area contributed by atoms with E-state index in [1.54, 1.807) is 36.4 Å². The van der Waals surface area contributed by atoms with E-state index in [9.17, 15) is 24.3 Å². The van der Waals surface area contributed by atoms with Gasteiger partial charge >= 0.3 is 0 Å². The van der Waals surface area contributed by atoms with E-state index >= 15 is 0 Å². The van der Waals surface area contributed by atoms with Gasteiger partial charge in [-0.25, -0.2) is 0 Å². The van der Waals surface area contributed by atoms with E-state index in [0.717, 1.165) is 0 Å². The zero-order valence-electron chi connectivity index (χ0n) is 14.7. The highest BCUT2D eigenvalue weighted by molar-refractivity contribution is 7.50. The summed E-state index contributed by atoms with van der Waals surface area (Å²) in [6.45, 7) is 0. The Morgan fingerprint density at radius 2 is 1.85 bits per heavy atom. The van der Waals surface area contributed by atoms with E-state index in [1.807, 2.05) is 0 Å². The van der Waals surface area contributed by atoms with Gasteiger partial charge in [0.25, 0.3) is 0 Å². The number of carbonyl (C=O) groups excluding carboxylic acids is 1. The Morgan fingerprint density at radius 1 is 1.22 bits per heavy atom. The van der Waals surface area contributed by atoms with Crippen LogP contribution >= 0.6 is 7.60 Å². The summed E-state index contributed by atoms with van der Waals surface area (Å²) in [5, 5.41) is 10.1. The van der Waals surface area contributed by atoms with E-state index in [2.05, 4.69) is 0 Å². The summed E-state index contributed by atoms with van der Waals surface area (Å²) in [4.78, 5) is 40.6. The minimum Gasteiger partial charge on any atom is -0.774 e. The largest absolute Gasteiger partial charge is 0.774 e. The highest BCUT2D eigenvalue weighted by atomic mass is 31.2. The lowest BCUT2D eigenvalue weighted by Gasteiger charge is -2.27. The van der Waals surface area contributed by atoms with E-state index in [1.165, 1.54) is 26.3 Å². The summed E-state index contributed by atoms with van der Waals surface area (Å²) >= 11 is 0. The summed E-state index contributed by atoms with van der Waals surface area (Å²) in [5.74, 6) is -3.04. The maximum absolute atomic E-state index is 13.1. The van der Waals surface area contributed by atoms with Crippen LogP contribution in [-0.4, -0.2) is 35.7 Å². The van der Waals surface area contributed by atoms with Gasteiger partial charge in [0, 0.05) is 0 Å². The molecule has 0 bridgehead atoms. The van der Waals surface area contributed by atoms with E-state index in [4.69, 9.17) is 9.57 Å². The molecule has 0 saturated carbocycles. The van der Waals surface area contributed by atoms with Crippen LogP contribution in [0.4, 0.5) is 0 Å². The third-order valence-electron chi connectivity index (χ3n) is 4.66. The van der Waals surface area contributed by atoms with Gasteiger partial charge in [-0.3, -0.25) is 4.79 Å². The van der Waals surface area contributed by atoms with Crippen molar-refractivity contribution in [2.75, 3.05) is 14.2 Å². The number of phenolic OH excluding ortho intramolecular Hbond substituents is 1. The first kappa shape index (κ1) is 19.5. The molecule has 2 aromatic carbocycles. The molecule has 5 atom stereocenters. The van der Waals surface area contributed by atoms with Crippen LogP contribution in [0.5, 0.6) is 11.5 Å². The van der Waals surface area contributed by atoms with Crippen LogP contribution in [0.1, 0.15) is 22.0 Å². The Morgan fingerprint density at radius 3 is 2.41 bits per heavy atom. The number of hydrogen-bond donors (Lipinski definition) is 3. The molecule has 2 unspecified atom stereocenters. The number of hydrogen-bond acceptors (Lipinski definition) is 6. The van der Waals surface area contributed by atoms with Gasteiger partial charge in [0.15, 0.2) is 25.3 Å². The Balaban J connectivity index is 2.07. The number of aromatic hydroxyl groups is 1. The van der Waals surface area contributed by atoms with Gasteiger partial charge in [-0.05, 0) is 29.8 Å². The lowest BCUT2D eigenvalue weighted by molar-refractivity contribution is -1.08. The van der Waals surface area contributed by atoms with Crippen LogP contribution in [0.25, 0.3) is 0 Å². The summed E-state index contributed by atoms with van der Waals surface area (Å²) in [7, 11) is -2.00. The average molecular weight is 393 g/mol. The number of carbonyl (C=O) groups is 1. The molecule has 1 fully saturated rings. The summed E-state index contributed by atoms with van der Waals surface area (Å²) in [5.41, 5.74) is 0.526. The molecule has 9 heteroatoms. The van der Waals surface area contributed by atoms with Gasteiger partial charge in [0.1, 0.15) is 17.4 Å². The van der Waals surface area contributed by atoms with Crippen LogP contribution < -0.4 is 14.7 Å². The fraction of sp³-hybridized carbons (Fsp3) is 0.278. The molecule has 1 heterocycles. The summed E-state index contributed by atoms with van der Waals surface area (Å²) < 4.78 is 17.1. The molecular weight excluding hydrogens is 373 g/mol. The number of ether oxygens (including phenoxy) is 1. The quantitative estimate of drug-likeness (QED) is 0.493. The Hall–Kier alpha value is -2.22. The first-order chi connectivity index (χ1) is 12.7. The average Bonchev–Trinajstić information content (AvgIpc) is 2.99. The number of rotatable bonds is 5. The van der Waals surface area contributed by atoms with Crippen molar-refractivity contribution in [1.82, 2.24) is 0 Å². The van der Waals surface area contributed by atoms with E-state index in [0.29, 0.717) is 11.3 Å². The van der Waals surface area contributed by atoms with Crippen LogP contribution in [0, 0.1) is 5.92 Å². The van der Waals surface area contributed by atoms with Crippen molar-refractivity contribution in [2.45, 2.75) is 11.9 Å². The lowest BCUT2D eigenvalue weighted by Crippen LogP contribution is -3.10. The number of benzene rings is 2. The van der Waals surface area contributed by atoms with Crippen LogP contribution in [0.3, 0.4) is 0 Å². The second kappa shape index (κ2) is 7.42. The number of Topliss-reactive ketones (excluding diaryl/α,β-unsaturated/α-hetero) is 1. The second-order valence-corrected chi connectivity index (χ2v) is 8.02. The fourth-order valence-corrected chi connectivity index (χ4v) is 4.62. The molecule has 8 nitrogen and oxygen atoms in total. The van der Waals surface area contributed by atoms with Crippen molar-refractivity contribution >= 4 is 13.4 Å². The SMILES string of the molecule is COc1ccc([C@@H]2O[NH+](C)[C@H](P(=O)([O-])O)[C@H]2C(=O)c2ccccc2O)cc1. The number of quaternary nitrogens is 1. The first-order valence-electron chi connectivity index (χ1n) is 8.23. The predicted molar refractivity (Wildman–Crippen MR) is 93.2 cm³/mol. The molecule has 144 valence electrons. The van der Waals surface area contributed by atoms with Crippen molar-refractivity contribution in [3.8, 4) is 11.5 Å². The van der Waals surface area contributed by atoms with Crippen molar-refractivity contribution < 1.29 is 38.9 Å². The fourth-order valence-electron chi connectivity index (χ4n) is 3.41. The third kappa shape index (κ3) is 3.76. The van der Waals surface area contributed by atoms with Gasteiger partial charge in [0.05, 0.1) is 19.7 Å². The monoisotopic (exact) mass is 393 g/mol. The third-order valence-corrected chi connectivity index (χ3v) is 6.05. The summed E-state index contributed by atoms with van der Waals surface area (Å²) in [6.07, 6.45) is -0.928. The molecule has 0 spiro atoms. The zero-order valence-corrected chi connectivity index (χ0v) is 15.6. The highest BCUT2D eigenvalue weighted by Crippen LogP contribution is 2.47. The van der Waals surface area contributed by atoms with Crippen molar-refractivity contribution in [1.29, 1.82) is 0 Å². The van der Waals surface area contributed by atoms with E-state index in [-0.39, 0.29) is 16.4 Å². The van der Waals surface area contributed by atoms with Crippen LogP contribution in [0.2, 0.25) is 0 Å². The Bertz CT molecular complexity index is 880. The maximum atomic E-state index is 13.1. The molecule has 1 aliphatic heterocycles. The van der Waals surface area contributed by atoms with Crippen molar-refractivity contribution in [2.24, 2.45) is 5.92 Å². The number of para-hydroxylation sites is 1. The molecule has 27 heavy (non-hydrogen) atoms. The number of phenols is 1. The zero-order chi connectivity index (χ0) is 19.8. The Labute approximate surface area is 156 Å². The van der Waals surface area contributed by atoms with Crippen molar-refractivity contribution in [3.05, 3.63) is 59.7 Å². The summed E-state index contributed by atoms with van der Waals surface area (Å²) in [6, 6.07) is 12.5.